The highest BCUT2D eigenvalue weighted by atomic mass is 127. The quantitative estimate of drug-likeness (QED) is 0.719. The van der Waals surface area contributed by atoms with E-state index >= 15 is 0 Å². The number of hydrogen-bond acceptors (Lipinski definition) is 4. The Bertz CT molecular complexity index is 774. The van der Waals surface area contributed by atoms with Gasteiger partial charge in [-0.1, -0.05) is 5.16 Å². The molecule has 1 amide bonds. The van der Waals surface area contributed by atoms with Crippen LogP contribution in [0.25, 0.3) is 0 Å². The average molecular weight is 415 g/mol. The summed E-state index contributed by atoms with van der Waals surface area (Å²) >= 11 is 2.16. The predicted molar refractivity (Wildman–Crippen MR) is 84.9 cm³/mol. The minimum absolute atomic E-state index is 0.0133. The molecule has 0 bridgehead atoms. The molecule has 1 aromatic heterocycles. The lowest BCUT2D eigenvalue weighted by molar-refractivity contribution is 0.159. The first-order chi connectivity index (χ1) is 10.5. The third-order valence-electron chi connectivity index (χ3n) is 3.36. The van der Waals surface area contributed by atoms with Gasteiger partial charge in [0.05, 0.1) is 18.4 Å². The second-order valence-corrected chi connectivity index (χ2v) is 6.09. The van der Waals surface area contributed by atoms with Gasteiger partial charge in [0.2, 0.25) is 6.17 Å². The number of amides is 1. The van der Waals surface area contributed by atoms with Gasteiger partial charge in [-0.05, 0) is 53.3 Å². The Balaban J connectivity index is 2.09. The molecule has 1 aromatic carbocycles. The lowest BCUT2D eigenvalue weighted by atomic mass is 10.1. The normalized spacial score (nSPS) is 19.3. The van der Waals surface area contributed by atoms with E-state index in [1.165, 1.54) is 6.20 Å². The van der Waals surface area contributed by atoms with E-state index in [-0.39, 0.29) is 18.1 Å². The van der Waals surface area contributed by atoms with Gasteiger partial charge in [-0.15, -0.1) is 0 Å². The number of carbonyl (C=O) groups is 1. The van der Waals surface area contributed by atoms with Crippen LogP contribution in [-0.2, 0) is 6.54 Å². The summed E-state index contributed by atoms with van der Waals surface area (Å²) in [6.07, 6.45) is -1.71. The van der Waals surface area contributed by atoms with Crippen LogP contribution in [0, 0.1) is 10.5 Å². The number of amidine groups is 1. The Morgan fingerprint density at radius 2 is 2.36 bits per heavy atom. The minimum atomic E-state index is -1.76. The molecule has 8 heteroatoms. The van der Waals surface area contributed by atoms with Gasteiger partial charge in [0.1, 0.15) is 0 Å². The summed E-state index contributed by atoms with van der Waals surface area (Å²) in [6.45, 7) is 1.80. The monoisotopic (exact) mass is 415 g/mol. The Kier molecular flexibility index (Phi) is 3.85. The second-order valence-electron chi connectivity index (χ2n) is 4.85. The average Bonchev–Trinajstić information content (AvgIpc) is 2.92. The van der Waals surface area contributed by atoms with Crippen LogP contribution in [0.4, 0.5) is 14.9 Å². The van der Waals surface area contributed by atoms with Crippen LogP contribution in [0.2, 0.25) is 0 Å². The maximum Gasteiger partial charge on any atom is 0.413 e. The highest BCUT2D eigenvalue weighted by Gasteiger charge is 2.38. The number of hydrogen-bond donors (Lipinski definition) is 1. The molecule has 0 fully saturated rings. The van der Waals surface area contributed by atoms with Crippen LogP contribution in [-0.4, -0.2) is 27.1 Å². The minimum Gasteiger partial charge on any atom is -0.465 e. The highest BCUT2D eigenvalue weighted by Crippen LogP contribution is 2.33. The highest BCUT2D eigenvalue weighted by molar-refractivity contribution is 14.1. The first-order valence-electron chi connectivity index (χ1n) is 6.40. The molecule has 2 heterocycles. The Morgan fingerprint density at radius 1 is 1.59 bits per heavy atom. The topological polar surface area (TPSA) is 78.9 Å². The fourth-order valence-electron chi connectivity index (χ4n) is 2.25. The number of fused-ring (bicyclic) bond motifs is 1. The summed E-state index contributed by atoms with van der Waals surface area (Å²) in [5, 5.41) is 12.8. The molecule has 1 aliphatic rings. The molecule has 22 heavy (non-hydrogen) atoms. The lowest BCUT2D eigenvalue weighted by Crippen LogP contribution is -2.41. The standard InChI is InChI=1S/C14H11FIN3O3/c1-7-4-9(16)2-3-10(7)18-13-11(15)12-8(5-17-22-12)6-19(13)14(20)21/h2-5,11H,6H2,1H3,(H,20,21). The zero-order chi connectivity index (χ0) is 15.9. The Hall–Kier alpha value is -1.97. The SMILES string of the molecule is Cc1cc(I)ccc1N=C1C(F)c2oncc2CN1C(=O)O. The van der Waals surface area contributed by atoms with E-state index in [9.17, 15) is 14.3 Å². The van der Waals surface area contributed by atoms with Gasteiger partial charge in [-0.2, -0.15) is 0 Å². The molecule has 0 saturated heterocycles. The summed E-state index contributed by atoms with van der Waals surface area (Å²) in [7, 11) is 0. The van der Waals surface area contributed by atoms with Crippen LogP contribution in [0.3, 0.4) is 0 Å². The molecule has 1 atom stereocenters. The number of benzene rings is 1. The smallest absolute Gasteiger partial charge is 0.413 e. The number of nitrogens with zero attached hydrogens (tertiary/aromatic N) is 3. The van der Waals surface area contributed by atoms with Crippen molar-refractivity contribution in [1.82, 2.24) is 10.1 Å². The fourth-order valence-corrected chi connectivity index (χ4v) is 2.90. The fraction of sp³-hybridized carbons (Fsp3) is 0.214. The number of halogens is 2. The van der Waals surface area contributed by atoms with Crippen molar-refractivity contribution in [3.63, 3.8) is 0 Å². The van der Waals surface area contributed by atoms with Crippen molar-refractivity contribution in [2.75, 3.05) is 0 Å². The van der Waals surface area contributed by atoms with Gasteiger partial charge in [0.15, 0.2) is 11.6 Å². The van der Waals surface area contributed by atoms with Crippen molar-refractivity contribution in [3.05, 3.63) is 44.9 Å². The maximum atomic E-state index is 14.6. The summed E-state index contributed by atoms with van der Waals surface area (Å²) in [4.78, 5) is 16.5. The zero-order valence-corrected chi connectivity index (χ0v) is 13.6. The largest absolute Gasteiger partial charge is 0.465 e. The Morgan fingerprint density at radius 3 is 3.05 bits per heavy atom. The number of aromatic nitrogens is 1. The summed E-state index contributed by atoms with van der Waals surface area (Å²) in [5.41, 5.74) is 1.76. The van der Waals surface area contributed by atoms with Crippen LogP contribution in [0.5, 0.6) is 0 Å². The van der Waals surface area contributed by atoms with Crippen molar-refractivity contribution >= 4 is 40.2 Å². The van der Waals surface area contributed by atoms with E-state index in [1.807, 2.05) is 19.1 Å². The van der Waals surface area contributed by atoms with E-state index in [4.69, 9.17) is 4.52 Å². The molecular formula is C14H11FIN3O3. The van der Waals surface area contributed by atoms with Crippen LogP contribution in [0.15, 0.2) is 33.9 Å². The van der Waals surface area contributed by atoms with E-state index < -0.39 is 12.3 Å². The lowest BCUT2D eigenvalue weighted by Gasteiger charge is -2.27. The van der Waals surface area contributed by atoms with Gasteiger partial charge < -0.3 is 9.63 Å². The molecule has 0 radical (unpaired) electrons. The first-order valence-corrected chi connectivity index (χ1v) is 7.48. The first kappa shape index (κ1) is 14.9. The molecule has 0 saturated carbocycles. The number of carboxylic acid groups (broad SMARTS) is 1. The van der Waals surface area contributed by atoms with E-state index in [1.54, 1.807) is 6.07 Å². The number of aliphatic imine (C=N–C) groups is 1. The van der Waals surface area contributed by atoms with E-state index in [0.29, 0.717) is 11.3 Å². The molecule has 0 aliphatic carbocycles. The number of alkyl halides is 1. The molecular weight excluding hydrogens is 404 g/mol. The van der Waals surface area contributed by atoms with Crippen molar-refractivity contribution < 1.29 is 18.8 Å². The number of rotatable bonds is 1. The summed E-state index contributed by atoms with van der Waals surface area (Å²) in [5.74, 6) is -0.194. The summed E-state index contributed by atoms with van der Waals surface area (Å²) < 4.78 is 20.5. The van der Waals surface area contributed by atoms with Crippen molar-refractivity contribution in [3.8, 4) is 0 Å². The maximum absolute atomic E-state index is 14.6. The van der Waals surface area contributed by atoms with Crippen LogP contribution in [0.1, 0.15) is 23.1 Å². The van der Waals surface area contributed by atoms with Gasteiger partial charge in [0, 0.05) is 9.13 Å². The van der Waals surface area contributed by atoms with E-state index in [0.717, 1.165) is 14.0 Å². The van der Waals surface area contributed by atoms with Gasteiger partial charge in [-0.25, -0.2) is 14.2 Å². The molecule has 1 aliphatic heterocycles. The van der Waals surface area contributed by atoms with Gasteiger partial charge in [-0.3, -0.25) is 4.90 Å². The molecule has 1 N–H and O–H groups in total. The molecule has 3 rings (SSSR count). The van der Waals surface area contributed by atoms with Gasteiger partial charge >= 0.3 is 6.09 Å². The molecule has 6 nitrogen and oxygen atoms in total. The van der Waals surface area contributed by atoms with Gasteiger partial charge in [0.25, 0.3) is 0 Å². The summed E-state index contributed by atoms with van der Waals surface area (Å²) in [6, 6.07) is 5.45. The molecule has 0 spiro atoms. The predicted octanol–water partition coefficient (Wildman–Crippen LogP) is 3.82. The van der Waals surface area contributed by atoms with Crippen LogP contribution >= 0.6 is 22.6 Å². The zero-order valence-electron chi connectivity index (χ0n) is 11.5. The number of aryl methyl sites for hydroxylation is 1. The third kappa shape index (κ3) is 2.58. The van der Waals surface area contributed by atoms with Crippen LogP contribution < -0.4 is 0 Å². The second kappa shape index (κ2) is 5.67. The third-order valence-corrected chi connectivity index (χ3v) is 4.03. The van der Waals surface area contributed by atoms with Crippen molar-refractivity contribution in [1.29, 1.82) is 0 Å². The molecule has 2 aromatic rings. The van der Waals surface area contributed by atoms with Crippen molar-refractivity contribution in [2.24, 2.45) is 4.99 Å². The molecule has 1 unspecified atom stereocenters. The molecule has 114 valence electrons. The van der Waals surface area contributed by atoms with E-state index in [2.05, 4.69) is 32.7 Å². The Labute approximate surface area is 138 Å². The van der Waals surface area contributed by atoms with Crippen molar-refractivity contribution in [2.45, 2.75) is 19.6 Å².